The molecule has 0 bridgehead atoms. The number of hydrogen-bond acceptors (Lipinski definition) is 4. The first-order valence-electron chi connectivity index (χ1n) is 9.13. The summed E-state index contributed by atoms with van der Waals surface area (Å²) in [5.41, 5.74) is 7.74. The van der Waals surface area contributed by atoms with Crippen LogP contribution in [-0.2, 0) is 16.1 Å². The van der Waals surface area contributed by atoms with E-state index in [-0.39, 0.29) is 11.7 Å². The average Bonchev–Trinajstić information content (AvgIpc) is 2.75. The van der Waals surface area contributed by atoms with E-state index >= 15 is 0 Å². The fourth-order valence-corrected chi connectivity index (χ4v) is 2.81. The third-order valence-corrected chi connectivity index (χ3v) is 4.37. The van der Waals surface area contributed by atoms with Crippen molar-refractivity contribution in [3.8, 4) is 11.5 Å². The van der Waals surface area contributed by atoms with Crippen LogP contribution in [0, 0.1) is 5.41 Å². The molecule has 6 heteroatoms. The van der Waals surface area contributed by atoms with Crippen LogP contribution in [0.1, 0.15) is 22.8 Å². The van der Waals surface area contributed by atoms with Gasteiger partial charge in [-0.25, -0.2) is 0 Å². The summed E-state index contributed by atoms with van der Waals surface area (Å²) in [4.78, 5) is 12.6. The van der Waals surface area contributed by atoms with Crippen LogP contribution in [0.2, 0.25) is 0 Å². The molecule has 148 valence electrons. The lowest BCUT2D eigenvalue weighted by atomic mass is 10.1. The SMILES string of the molecule is CO[C@H](C(=O)NCc1ccc(C(=N)N)cc1)c1ccc(Oc2ccccc2)cc1. The van der Waals surface area contributed by atoms with E-state index in [0.29, 0.717) is 17.9 Å². The molecular formula is C23H23N3O3. The minimum absolute atomic E-state index is 0.0136. The van der Waals surface area contributed by atoms with Crippen LogP contribution in [0.25, 0.3) is 0 Å². The molecule has 0 aliphatic rings. The van der Waals surface area contributed by atoms with E-state index in [4.69, 9.17) is 20.6 Å². The fraction of sp³-hybridized carbons (Fsp3) is 0.130. The van der Waals surface area contributed by atoms with E-state index in [1.165, 1.54) is 7.11 Å². The fourth-order valence-electron chi connectivity index (χ4n) is 2.81. The van der Waals surface area contributed by atoms with Gasteiger partial charge in [0, 0.05) is 19.2 Å². The second-order valence-electron chi connectivity index (χ2n) is 6.43. The highest BCUT2D eigenvalue weighted by molar-refractivity contribution is 5.94. The molecule has 3 aromatic rings. The molecule has 29 heavy (non-hydrogen) atoms. The van der Waals surface area contributed by atoms with E-state index in [1.807, 2.05) is 66.7 Å². The Morgan fingerprint density at radius 1 is 0.966 bits per heavy atom. The van der Waals surface area contributed by atoms with Gasteiger partial charge in [-0.1, -0.05) is 54.6 Å². The van der Waals surface area contributed by atoms with Crippen molar-refractivity contribution in [3.05, 3.63) is 95.6 Å². The van der Waals surface area contributed by atoms with Gasteiger partial charge in [-0.3, -0.25) is 10.2 Å². The van der Waals surface area contributed by atoms with Crippen LogP contribution in [0.4, 0.5) is 0 Å². The van der Waals surface area contributed by atoms with E-state index in [2.05, 4.69) is 5.32 Å². The second kappa shape index (κ2) is 9.52. The summed E-state index contributed by atoms with van der Waals surface area (Å²) in [6.45, 7) is 0.353. The summed E-state index contributed by atoms with van der Waals surface area (Å²) in [5.74, 6) is 1.21. The van der Waals surface area contributed by atoms with Crippen LogP contribution >= 0.6 is 0 Å². The number of amides is 1. The van der Waals surface area contributed by atoms with Gasteiger partial charge in [0.05, 0.1) is 0 Å². The highest BCUT2D eigenvalue weighted by Gasteiger charge is 2.19. The van der Waals surface area contributed by atoms with Gasteiger partial charge in [-0.15, -0.1) is 0 Å². The lowest BCUT2D eigenvalue weighted by molar-refractivity contribution is -0.131. The smallest absolute Gasteiger partial charge is 0.254 e. The van der Waals surface area contributed by atoms with Crippen molar-refractivity contribution in [2.75, 3.05) is 7.11 Å². The number of ether oxygens (including phenoxy) is 2. The molecule has 4 N–H and O–H groups in total. The third kappa shape index (κ3) is 5.43. The Labute approximate surface area is 169 Å². The Hall–Kier alpha value is -3.64. The number of methoxy groups -OCH3 is 1. The van der Waals surface area contributed by atoms with Crippen LogP contribution < -0.4 is 15.8 Å². The predicted molar refractivity (Wildman–Crippen MR) is 112 cm³/mol. The van der Waals surface area contributed by atoms with Crippen molar-refractivity contribution in [2.24, 2.45) is 5.73 Å². The van der Waals surface area contributed by atoms with Gasteiger partial charge in [-0.05, 0) is 35.4 Å². The molecule has 6 nitrogen and oxygen atoms in total. The van der Waals surface area contributed by atoms with E-state index in [9.17, 15) is 4.79 Å². The molecule has 0 spiro atoms. The monoisotopic (exact) mass is 389 g/mol. The first-order chi connectivity index (χ1) is 14.1. The molecule has 0 aromatic heterocycles. The summed E-state index contributed by atoms with van der Waals surface area (Å²) in [6.07, 6.45) is -0.725. The quantitative estimate of drug-likeness (QED) is 0.403. The molecule has 1 amide bonds. The van der Waals surface area contributed by atoms with Crippen molar-refractivity contribution >= 4 is 11.7 Å². The maximum Gasteiger partial charge on any atom is 0.254 e. The maximum absolute atomic E-state index is 12.6. The second-order valence-corrected chi connectivity index (χ2v) is 6.43. The Balaban J connectivity index is 1.60. The number of carbonyl (C=O) groups is 1. The molecular weight excluding hydrogens is 366 g/mol. The van der Waals surface area contributed by atoms with Crippen molar-refractivity contribution in [1.29, 1.82) is 5.41 Å². The maximum atomic E-state index is 12.6. The molecule has 0 unspecified atom stereocenters. The van der Waals surface area contributed by atoms with Gasteiger partial charge in [-0.2, -0.15) is 0 Å². The Morgan fingerprint density at radius 3 is 2.17 bits per heavy atom. The Morgan fingerprint density at radius 2 is 1.59 bits per heavy atom. The van der Waals surface area contributed by atoms with Gasteiger partial charge in [0.1, 0.15) is 17.3 Å². The molecule has 0 saturated heterocycles. The largest absolute Gasteiger partial charge is 0.457 e. The minimum atomic E-state index is -0.725. The third-order valence-electron chi connectivity index (χ3n) is 4.37. The van der Waals surface area contributed by atoms with Gasteiger partial charge in [0.2, 0.25) is 0 Å². The molecule has 0 radical (unpaired) electrons. The minimum Gasteiger partial charge on any atom is -0.457 e. The normalized spacial score (nSPS) is 11.5. The number of benzene rings is 3. The first kappa shape index (κ1) is 20.1. The zero-order valence-electron chi connectivity index (χ0n) is 16.1. The van der Waals surface area contributed by atoms with E-state index in [1.54, 1.807) is 12.1 Å². The first-order valence-corrected chi connectivity index (χ1v) is 9.13. The van der Waals surface area contributed by atoms with Crippen LogP contribution in [-0.4, -0.2) is 18.9 Å². The molecule has 1 atom stereocenters. The van der Waals surface area contributed by atoms with Gasteiger partial charge < -0.3 is 20.5 Å². The molecule has 0 heterocycles. The molecule has 0 fully saturated rings. The summed E-state index contributed by atoms with van der Waals surface area (Å²) < 4.78 is 11.2. The van der Waals surface area contributed by atoms with Crippen LogP contribution in [0.5, 0.6) is 11.5 Å². The van der Waals surface area contributed by atoms with Gasteiger partial charge >= 0.3 is 0 Å². The zero-order valence-corrected chi connectivity index (χ0v) is 16.1. The summed E-state index contributed by atoms with van der Waals surface area (Å²) in [5, 5.41) is 10.3. The van der Waals surface area contributed by atoms with Crippen LogP contribution in [0.3, 0.4) is 0 Å². The Kier molecular flexibility index (Phi) is 6.60. The van der Waals surface area contributed by atoms with Crippen molar-refractivity contribution in [2.45, 2.75) is 12.6 Å². The Bertz CT molecular complexity index is 955. The number of nitrogens with one attached hydrogen (secondary N) is 2. The molecule has 3 aromatic carbocycles. The number of carbonyl (C=O) groups excluding carboxylic acids is 1. The summed E-state index contributed by atoms with van der Waals surface area (Å²) >= 11 is 0. The van der Waals surface area contributed by atoms with E-state index < -0.39 is 6.10 Å². The summed E-state index contributed by atoms with van der Waals surface area (Å²) in [6, 6.07) is 23.9. The highest BCUT2D eigenvalue weighted by Crippen LogP contribution is 2.24. The summed E-state index contributed by atoms with van der Waals surface area (Å²) in [7, 11) is 1.50. The number of nitrogens with two attached hydrogens (primary N) is 1. The van der Waals surface area contributed by atoms with Crippen LogP contribution in [0.15, 0.2) is 78.9 Å². The van der Waals surface area contributed by atoms with Crippen molar-refractivity contribution in [3.63, 3.8) is 0 Å². The lowest BCUT2D eigenvalue weighted by Gasteiger charge is -2.16. The molecule has 0 aliphatic heterocycles. The molecule has 3 rings (SSSR count). The predicted octanol–water partition coefficient (Wildman–Crippen LogP) is 3.77. The van der Waals surface area contributed by atoms with Crippen molar-refractivity contribution < 1.29 is 14.3 Å². The topological polar surface area (TPSA) is 97.4 Å². The van der Waals surface area contributed by atoms with Gasteiger partial charge in [0.25, 0.3) is 5.91 Å². The number of nitrogen functional groups attached to an aromatic ring is 1. The average molecular weight is 389 g/mol. The van der Waals surface area contributed by atoms with E-state index in [0.717, 1.165) is 16.9 Å². The molecule has 0 saturated carbocycles. The number of para-hydroxylation sites is 1. The number of amidine groups is 1. The van der Waals surface area contributed by atoms with Crippen molar-refractivity contribution in [1.82, 2.24) is 5.32 Å². The number of hydrogen-bond donors (Lipinski definition) is 3. The molecule has 0 aliphatic carbocycles. The number of rotatable bonds is 8. The zero-order chi connectivity index (χ0) is 20.6. The lowest BCUT2D eigenvalue weighted by Crippen LogP contribution is -2.30. The van der Waals surface area contributed by atoms with Gasteiger partial charge in [0.15, 0.2) is 6.10 Å². The standard InChI is InChI=1S/C23H23N3O3/c1-28-21(23(27)26-15-16-7-9-18(10-8-16)22(24)25)17-11-13-20(14-12-17)29-19-5-3-2-4-6-19/h2-14,21H,15H2,1H3,(H3,24,25)(H,26,27)/t21-/m0/s1. The highest BCUT2D eigenvalue weighted by atomic mass is 16.5.